The van der Waals surface area contributed by atoms with E-state index in [1.807, 2.05) is 28.2 Å². The Bertz CT molecular complexity index is 1640. The molecule has 0 radical (unpaired) electrons. The summed E-state index contributed by atoms with van der Waals surface area (Å²) in [6.07, 6.45) is -1.50. The van der Waals surface area contributed by atoms with Crippen molar-refractivity contribution in [2.45, 2.75) is 38.0 Å². The summed E-state index contributed by atoms with van der Waals surface area (Å²) in [6, 6.07) is 12.0. The molecule has 1 aromatic carbocycles. The molecule has 2 aliphatic heterocycles. The van der Waals surface area contributed by atoms with Crippen molar-refractivity contribution in [3.8, 4) is 6.07 Å². The fourth-order valence-corrected chi connectivity index (χ4v) is 6.61. The third kappa shape index (κ3) is 5.33. The number of nitriles is 1. The number of anilines is 2. The number of H-pyrrole nitrogens is 1. The molecule has 1 saturated carbocycles. The number of aromatic amines is 1. The second-order valence-electron chi connectivity index (χ2n) is 11.1. The number of fused-ring (bicyclic) bond motifs is 1. The number of carbonyl (C=O) groups excluding carboxylic acids is 2. The molecule has 2 aromatic heterocycles. The van der Waals surface area contributed by atoms with Gasteiger partial charge >= 0.3 is 6.18 Å². The van der Waals surface area contributed by atoms with Crippen LogP contribution in [0.4, 0.5) is 24.7 Å². The fraction of sp³-hybridized carbons (Fsp3) is 0.400. The Morgan fingerprint density at radius 3 is 2.51 bits per heavy atom. The maximum atomic E-state index is 14.0. The highest BCUT2D eigenvalue weighted by molar-refractivity contribution is 5.91. The number of amides is 1. The number of aromatic nitrogens is 3. The molecule has 1 N–H and O–H groups in total. The molecule has 1 amide bonds. The number of alkyl halides is 3. The maximum absolute atomic E-state index is 14.0. The van der Waals surface area contributed by atoms with Crippen molar-refractivity contribution in [2.24, 2.45) is 11.8 Å². The predicted octanol–water partition coefficient (Wildman–Crippen LogP) is 3.45. The number of hydrogen-bond donors (Lipinski definition) is 1. The normalized spacial score (nSPS) is 22.0. The van der Waals surface area contributed by atoms with Crippen molar-refractivity contribution in [1.82, 2.24) is 20.1 Å². The zero-order valence-electron chi connectivity index (χ0n) is 23.0. The lowest BCUT2D eigenvalue weighted by Gasteiger charge is -2.36. The average molecular weight is 592 g/mol. The van der Waals surface area contributed by atoms with E-state index in [0.717, 1.165) is 23.1 Å². The number of pyridine rings is 1. The first-order valence-corrected chi connectivity index (χ1v) is 14.1. The molecule has 1 aliphatic carbocycles. The first-order chi connectivity index (χ1) is 20.7. The van der Waals surface area contributed by atoms with Gasteiger partial charge in [0, 0.05) is 57.2 Å². The molecular formula is C30H28F3N7O3. The molecule has 2 fully saturated rings. The van der Waals surface area contributed by atoms with Crippen molar-refractivity contribution in [2.75, 3.05) is 36.0 Å². The summed E-state index contributed by atoms with van der Waals surface area (Å²) in [6.45, 7) is 2.15. The third-order valence-electron chi connectivity index (χ3n) is 8.71. The number of nitrogens with zero attached hydrogens (tertiary/aromatic N) is 6. The van der Waals surface area contributed by atoms with Gasteiger partial charge in [0.05, 0.1) is 23.5 Å². The van der Waals surface area contributed by atoms with Crippen LogP contribution in [0.2, 0.25) is 0 Å². The lowest BCUT2D eigenvalue weighted by atomic mass is 9.88. The van der Waals surface area contributed by atoms with Crippen molar-refractivity contribution in [1.29, 1.82) is 5.26 Å². The first kappa shape index (κ1) is 28.4. The van der Waals surface area contributed by atoms with Crippen LogP contribution in [0, 0.1) is 23.2 Å². The number of Topliss-reactive ketones (excluding diaryl/α,β-unsaturated/α-hetero) is 1. The van der Waals surface area contributed by atoms with Gasteiger partial charge in [0.1, 0.15) is 23.2 Å². The summed E-state index contributed by atoms with van der Waals surface area (Å²) in [5, 5.41) is 14.5. The zero-order chi connectivity index (χ0) is 30.3. The van der Waals surface area contributed by atoms with Crippen LogP contribution in [-0.4, -0.2) is 58.0 Å². The summed E-state index contributed by atoms with van der Waals surface area (Å²) in [5.74, 6) is -0.725. The van der Waals surface area contributed by atoms with E-state index < -0.39 is 35.2 Å². The van der Waals surface area contributed by atoms with E-state index in [-0.39, 0.29) is 30.3 Å². The Hall–Kier alpha value is -4.73. The molecule has 0 unspecified atom stereocenters. The zero-order valence-corrected chi connectivity index (χ0v) is 23.0. The number of carbonyl (C=O) groups is 2. The van der Waals surface area contributed by atoms with Gasteiger partial charge < -0.3 is 14.7 Å². The van der Waals surface area contributed by atoms with Gasteiger partial charge in [0.25, 0.3) is 5.56 Å². The molecule has 3 aliphatic rings. The summed E-state index contributed by atoms with van der Waals surface area (Å²) < 4.78 is 42.0. The number of halogens is 3. The monoisotopic (exact) mass is 591 g/mol. The fourth-order valence-electron chi connectivity index (χ4n) is 6.61. The molecular weight excluding hydrogens is 563 g/mol. The van der Waals surface area contributed by atoms with Crippen molar-refractivity contribution >= 4 is 23.2 Å². The molecule has 3 aromatic rings. The van der Waals surface area contributed by atoms with Gasteiger partial charge in [-0.25, -0.2) is 10.1 Å². The Balaban J connectivity index is 1.17. The van der Waals surface area contributed by atoms with Gasteiger partial charge in [-0.1, -0.05) is 24.3 Å². The minimum atomic E-state index is -4.92. The average Bonchev–Trinajstić information content (AvgIpc) is 3.56. The van der Waals surface area contributed by atoms with Gasteiger partial charge in [0.2, 0.25) is 5.91 Å². The van der Waals surface area contributed by atoms with Crippen molar-refractivity contribution < 1.29 is 22.8 Å². The summed E-state index contributed by atoms with van der Waals surface area (Å²) in [5.41, 5.74) is -1.05. The molecule has 13 heteroatoms. The van der Waals surface area contributed by atoms with Gasteiger partial charge in [0.15, 0.2) is 0 Å². The van der Waals surface area contributed by atoms with Crippen molar-refractivity contribution in [3.05, 3.63) is 81.4 Å². The van der Waals surface area contributed by atoms with E-state index in [0.29, 0.717) is 44.6 Å². The van der Waals surface area contributed by atoms with Crippen LogP contribution in [-0.2, 0) is 22.3 Å². The van der Waals surface area contributed by atoms with E-state index in [1.54, 1.807) is 29.2 Å². The van der Waals surface area contributed by atoms with Crippen molar-refractivity contribution in [3.63, 3.8) is 0 Å². The Kier molecular flexibility index (Phi) is 7.37. The third-order valence-corrected chi connectivity index (χ3v) is 8.71. The highest BCUT2D eigenvalue weighted by Gasteiger charge is 2.48. The Labute approximate surface area is 244 Å². The quantitative estimate of drug-likeness (QED) is 0.478. The molecule has 43 heavy (non-hydrogen) atoms. The van der Waals surface area contributed by atoms with Gasteiger partial charge in [-0.3, -0.25) is 14.4 Å². The molecule has 0 spiro atoms. The van der Waals surface area contributed by atoms with Crippen LogP contribution >= 0.6 is 0 Å². The van der Waals surface area contributed by atoms with Crippen LogP contribution in [0.1, 0.15) is 47.6 Å². The largest absolute Gasteiger partial charge is 0.423 e. The molecule has 0 bridgehead atoms. The number of rotatable bonds is 5. The lowest BCUT2D eigenvalue weighted by molar-refractivity contribution is -0.138. The SMILES string of the molecule is N#Cc1ccc(N2CCN(C(=O)C[C@H]3CC[C@H]([C@H]4c5ccccc5CN4c4cn[nH]c(=O)c4C(F)(F)F)C3=O)CC2)nc1. The highest BCUT2D eigenvalue weighted by atomic mass is 19.4. The first-order valence-electron chi connectivity index (χ1n) is 14.1. The van der Waals surface area contributed by atoms with Gasteiger partial charge in [-0.15, -0.1) is 0 Å². The smallest absolute Gasteiger partial charge is 0.357 e. The number of nitrogens with one attached hydrogen (secondary N) is 1. The van der Waals surface area contributed by atoms with Crippen LogP contribution in [0.25, 0.3) is 0 Å². The summed E-state index contributed by atoms with van der Waals surface area (Å²) in [7, 11) is 0. The Morgan fingerprint density at radius 2 is 1.81 bits per heavy atom. The number of benzene rings is 1. The number of hydrogen-bond acceptors (Lipinski definition) is 8. The predicted molar refractivity (Wildman–Crippen MR) is 149 cm³/mol. The van der Waals surface area contributed by atoms with Gasteiger partial charge in [-0.2, -0.15) is 23.5 Å². The van der Waals surface area contributed by atoms with Crippen LogP contribution in [0.5, 0.6) is 0 Å². The molecule has 4 heterocycles. The van der Waals surface area contributed by atoms with Crippen LogP contribution < -0.4 is 15.4 Å². The topological polar surface area (TPSA) is 126 Å². The van der Waals surface area contributed by atoms with E-state index in [9.17, 15) is 27.6 Å². The standard InChI is InChI=1S/C30H28F3N7O3/c31-30(32,33)26-23(16-36-37-29(26)43)40-17-20-3-1-2-4-21(20)27(40)22-7-6-19(28(22)42)13-25(41)39-11-9-38(10-12-39)24-8-5-18(14-34)15-35-24/h1-5,8,15-16,19,22,27H,6-7,9-13,17H2,(H,37,43)/t19-,22-,27-/m1/s1. The van der Waals surface area contributed by atoms with E-state index in [1.165, 1.54) is 11.1 Å². The molecule has 6 rings (SSSR count). The van der Waals surface area contributed by atoms with E-state index in [2.05, 4.69) is 10.1 Å². The lowest BCUT2D eigenvalue weighted by Crippen LogP contribution is -2.49. The minimum Gasteiger partial charge on any atom is -0.357 e. The molecule has 1 saturated heterocycles. The number of ketones is 1. The van der Waals surface area contributed by atoms with E-state index in [4.69, 9.17) is 5.26 Å². The highest BCUT2D eigenvalue weighted by Crippen LogP contribution is 2.49. The van der Waals surface area contributed by atoms with Crippen LogP contribution in [0.15, 0.2) is 53.6 Å². The summed E-state index contributed by atoms with van der Waals surface area (Å²) >= 11 is 0. The second kappa shape index (κ2) is 11.2. The van der Waals surface area contributed by atoms with E-state index >= 15 is 0 Å². The second-order valence-corrected chi connectivity index (χ2v) is 11.1. The molecule has 222 valence electrons. The maximum Gasteiger partial charge on any atom is 0.423 e. The Morgan fingerprint density at radius 1 is 1.05 bits per heavy atom. The van der Waals surface area contributed by atoms with Gasteiger partial charge in [-0.05, 0) is 36.1 Å². The minimum absolute atomic E-state index is 0.0409. The summed E-state index contributed by atoms with van der Waals surface area (Å²) in [4.78, 5) is 48.9. The molecule has 3 atom stereocenters. The van der Waals surface area contributed by atoms with Crippen LogP contribution in [0.3, 0.4) is 0 Å². The number of piperazine rings is 1. The molecule has 10 nitrogen and oxygen atoms in total.